The van der Waals surface area contributed by atoms with Crippen molar-refractivity contribution in [2.24, 2.45) is 0 Å². The number of hydrogen-bond donors (Lipinski definition) is 1. The highest BCUT2D eigenvalue weighted by Gasteiger charge is 2.15. The number of esters is 1. The van der Waals surface area contributed by atoms with Crippen LogP contribution < -0.4 is 14.8 Å². The fourth-order valence-corrected chi connectivity index (χ4v) is 3.05. The Morgan fingerprint density at radius 1 is 1.03 bits per heavy atom. The Balaban J connectivity index is 1.31. The molecule has 4 rings (SSSR count). The number of nitrogens with one attached hydrogen (secondary N) is 1. The molecule has 0 bridgehead atoms. The molecule has 1 amide bonds. The van der Waals surface area contributed by atoms with Crippen molar-refractivity contribution >= 4 is 17.6 Å². The summed E-state index contributed by atoms with van der Waals surface area (Å²) >= 11 is 0. The molecule has 7 heteroatoms. The monoisotopic (exact) mass is 404 g/mol. The maximum Gasteiger partial charge on any atom is 0.344 e. The predicted molar refractivity (Wildman–Crippen MR) is 109 cm³/mol. The van der Waals surface area contributed by atoms with Crippen LogP contribution in [0.25, 0.3) is 0 Å². The van der Waals surface area contributed by atoms with Gasteiger partial charge in [0, 0.05) is 23.9 Å². The molecular formula is C23H20N2O5. The molecule has 0 spiro atoms. The molecule has 0 unspecified atom stereocenters. The zero-order valence-corrected chi connectivity index (χ0v) is 16.2. The summed E-state index contributed by atoms with van der Waals surface area (Å²) < 4.78 is 16.7. The number of rotatable bonds is 7. The summed E-state index contributed by atoms with van der Waals surface area (Å²) in [5.74, 6) is 1.27. The SMILES string of the molecule is O=C1CCc2cc(OCC(=O)OCc3ccccc3Oc3cccnc3)ccc2N1. The number of hydrogen-bond acceptors (Lipinski definition) is 6. The zero-order valence-electron chi connectivity index (χ0n) is 16.2. The van der Waals surface area contributed by atoms with Crippen LogP contribution in [0.4, 0.5) is 5.69 Å². The molecule has 0 saturated carbocycles. The van der Waals surface area contributed by atoms with Crippen molar-refractivity contribution in [3.8, 4) is 17.2 Å². The van der Waals surface area contributed by atoms with Gasteiger partial charge in [0.05, 0.1) is 6.20 Å². The minimum atomic E-state index is -0.489. The molecule has 2 aromatic carbocycles. The standard InChI is InChI=1S/C23H20N2O5/c26-22-10-7-16-12-18(8-9-20(16)25-22)28-15-23(27)29-14-17-4-1-2-6-21(17)30-19-5-3-11-24-13-19/h1-6,8-9,11-13H,7,10,14-15H2,(H,25,26). The van der Waals surface area contributed by atoms with E-state index in [0.29, 0.717) is 30.1 Å². The van der Waals surface area contributed by atoms with Gasteiger partial charge < -0.3 is 19.5 Å². The molecule has 0 aliphatic carbocycles. The van der Waals surface area contributed by atoms with Crippen LogP contribution >= 0.6 is 0 Å². The average Bonchev–Trinajstić information content (AvgIpc) is 2.78. The van der Waals surface area contributed by atoms with Gasteiger partial charge in [-0.2, -0.15) is 0 Å². The second-order valence-corrected chi connectivity index (χ2v) is 6.72. The number of anilines is 1. The van der Waals surface area contributed by atoms with Gasteiger partial charge in [-0.1, -0.05) is 18.2 Å². The molecule has 0 saturated heterocycles. The zero-order chi connectivity index (χ0) is 20.8. The summed E-state index contributed by atoms with van der Waals surface area (Å²) in [5.41, 5.74) is 2.51. The molecule has 0 fully saturated rings. The number of nitrogens with zero attached hydrogens (tertiary/aromatic N) is 1. The van der Waals surface area contributed by atoms with Crippen LogP contribution in [0.5, 0.6) is 17.2 Å². The van der Waals surface area contributed by atoms with E-state index in [4.69, 9.17) is 14.2 Å². The molecule has 152 valence electrons. The van der Waals surface area contributed by atoms with Crippen LogP contribution in [0.3, 0.4) is 0 Å². The first kappa shape index (κ1) is 19.4. The number of aromatic nitrogens is 1. The molecule has 3 aromatic rings. The second kappa shape index (κ2) is 9.09. The minimum absolute atomic E-state index is 0.00698. The van der Waals surface area contributed by atoms with E-state index in [1.54, 1.807) is 42.7 Å². The number of benzene rings is 2. The summed E-state index contributed by atoms with van der Waals surface area (Å²) in [6.07, 6.45) is 4.37. The largest absolute Gasteiger partial charge is 0.482 e. The van der Waals surface area contributed by atoms with Crippen molar-refractivity contribution in [2.45, 2.75) is 19.4 Å². The van der Waals surface area contributed by atoms with Crippen molar-refractivity contribution in [2.75, 3.05) is 11.9 Å². The molecular weight excluding hydrogens is 384 g/mol. The lowest BCUT2D eigenvalue weighted by molar-refractivity contribution is -0.147. The third kappa shape index (κ3) is 4.94. The van der Waals surface area contributed by atoms with Gasteiger partial charge in [0.25, 0.3) is 0 Å². The molecule has 1 aliphatic heterocycles. The van der Waals surface area contributed by atoms with Crippen molar-refractivity contribution < 1.29 is 23.8 Å². The molecule has 1 N–H and O–H groups in total. The van der Waals surface area contributed by atoms with Crippen molar-refractivity contribution in [1.82, 2.24) is 4.98 Å². The molecule has 1 aromatic heterocycles. The Morgan fingerprint density at radius 3 is 2.80 bits per heavy atom. The van der Waals surface area contributed by atoms with E-state index in [1.165, 1.54) is 0 Å². The first-order valence-corrected chi connectivity index (χ1v) is 9.54. The Hall–Kier alpha value is -3.87. The highest BCUT2D eigenvalue weighted by molar-refractivity contribution is 5.94. The number of carbonyl (C=O) groups excluding carboxylic acids is 2. The van der Waals surface area contributed by atoms with Crippen LogP contribution in [0.15, 0.2) is 67.0 Å². The fraction of sp³-hybridized carbons (Fsp3) is 0.174. The molecule has 7 nitrogen and oxygen atoms in total. The van der Waals surface area contributed by atoms with E-state index in [-0.39, 0.29) is 19.1 Å². The number of pyridine rings is 1. The van der Waals surface area contributed by atoms with Crippen molar-refractivity contribution in [1.29, 1.82) is 0 Å². The highest BCUT2D eigenvalue weighted by atomic mass is 16.6. The van der Waals surface area contributed by atoms with Crippen LogP contribution in [0.1, 0.15) is 17.5 Å². The summed E-state index contributed by atoms with van der Waals surface area (Å²) in [5, 5.41) is 2.81. The van der Waals surface area contributed by atoms with E-state index in [9.17, 15) is 9.59 Å². The van der Waals surface area contributed by atoms with Gasteiger partial charge in [-0.05, 0) is 48.4 Å². The lowest BCUT2D eigenvalue weighted by atomic mass is 10.0. The van der Waals surface area contributed by atoms with Crippen molar-refractivity contribution in [3.05, 3.63) is 78.1 Å². The summed E-state index contributed by atoms with van der Waals surface area (Å²) in [6, 6.07) is 16.2. The lowest BCUT2D eigenvalue weighted by Crippen LogP contribution is -2.19. The van der Waals surface area contributed by atoms with Crippen molar-refractivity contribution in [3.63, 3.8) is 0 Å². The van der Waals surface area contributed by atoms with Crippen LogP contribution in [-0.2, 0) is 27.4 Å². The minimum Gasteiger partial charge on any atom is -0.482 e. The Labute approximate surface area is 173 Å². The fourth-order valence-electron chi connectivity index (χ4n) is 3.05. The van der Waals surface area contributed by atoms with Crippen LogP contribution in [0.2, 0.25) is 0 Å². The van der Waals surface area contributed by atoms with Gasteiger partial charge >= 0.3 is 5.97 Å². The van der Waals surface area contributed by atoms with E-state index >= 15 is 0 Å². The predicted octanol–water partition coefficient (Wildman–Crippen LogP) is 3.88. The summed E-state index contributed by atoms with van der Waals surface area (Å²) in [6.45, 7) is -0.147. The number of fused-ring (bicyclic) bond motifs is 1. The maximum atomic E-state index is 12.1. The molecule has 30 heavy (non-hydrogen) atoms. The third-order valence-corrected chi connectivity index (χ3v) is 4.55. The maximum absolute atomic E-state index is 12.1. The summed E-state index contributed by atoms with van der Waals surface area (Å²) in [4.78, 5) is 27.6. The van der Waals surface area contributed by atoms with Gasteiger partial charge in [-0.3, -0.25) is 9.78 Å². The Kier molecular flexibility index (Phi) is 5.89. The average molecular weight is 404 g/mol. The Morgan fingerprint density at radius 2 is 1.93 bits per heavy atom. The second-order valence-electron chi connectivity index (χ2n) is 6.72. The third-order valence-electron chi connectivity index (χ3n) is 4.55. The van der Waals surface area contributed by atoms with Gasteiger partial charge in [0.15, 0.2) is 6.61 Å². The normalized spacial score (nSPS) is 12.5. The van der Waals surface area contributed by atoms with Crippen LogP contribution in [-0.4, -0.2) is 23.5 Å². The first-order valence-electron chi connectivity index (χ1n) is 9.54. The lowest BCUT2D eigenvalue weighted by Gasteiger charge is -2.17. The number of ether oxygens (including phenoxy) is 3. The molecule has 0 atom stereocenters. The summed E-state index contributed by atoms with van der Waals surface area (Å²) in [7, 11) is 0. The number of para-hydroxylation sites is 1. The number of carbonyl (C=O) groups is 2. The molecule has 1 aliphatic rings. The van der Waals surface area contributed by atoms with E-state index in [2.05, 4.69) is 10.3 Å². The smallest absolute Gasteiger partial charge is 0.344 e. The molecule has 0 radical (unpaired) electrons. The van der Waals surface area contributed by atoms with Gasteiger partial charge in [-0.15, -0.1) is 0 Å². The van der Waals surface area contributed by atoms with Gasteiger partial charge in [0.1, 0.15) is 23.9 Å². The number of amides is 1. The highest BCUT2D eigenvalue weighted by Crippen LogP contribution is 2.27. The van der Waals surface area contributed by atoms with E-state index in [1.807, 2.05) is 24.3 Å². The molecule has 2 heterocycles. The quantitative estimate of drug-likeness (QED) is 0.602. The topological polar surface area (TPSA) is 86.8 Å². The first-order chi connectivity index (χ1) is 14.7. The van der Waals surface area contributed by atoms with E-state index in [0.717, 1.165) is 16.8 Å². The van der Waals surface area contributed by atoms with Crippen LogP contribution in [0, 0.1) is 0 Å². The Bertz CT molecular complexity index is 1050. The number of aryl methyl sites for hydroxylation is 1. The van der Waals surface area contributed by atoms with Gasteiger partial charge in [0.2, 0.25) is 5.91 Å². The van der Waals surface area contributed by atoms with Gasteiger partial charge in [-0.25, -0.2) is 4.79 Å². The van der Waals surface area contributed by atoms with E-state index < -0.39 is 5.97 Å².